The van der Waals surface area contributed by atoms with Crippen LogP contribution in [-0.4, -0.2) is 29.2 Å². The quantitative estimate of drug-likeness (QED) is 0.260. The fourth-order valence-corrected chi connectivity index (χ4v) is 3.75. The summed E-state index contributed by atoms with van der Waals surface area (Å²) in [6.07, 6.45) is 10.7. The van der Waals surface area contributed by atoms with Crippen molar-refractivity contribution in [3.05, 3.63) is 107 Å². The lowest BCUT2D eigenvalue weighted by Gasteiger charge is -2.01. The molecule has 0 spiro atoms. The van der Waals surface area contributed by atoms with E-state index in [0.717, 1.165) is 37.1 Å². The van der Waals surface area contributed by atoms with Gasteiger partial charge in [0, 0.05) is 42.0 Å². The minimum Gasteiger partial charge on any atom is -0.236 e. The maximum atomic E-state index is 12.8. The number of hydrogen-bond donors (Lipinski definition) is 0. The molecule has 0 saturated carbocycles. The van der Waals surface area contributed by atoms with Crippen molar-refractivity contribution in [2.75, 3.05) is 0 Å². The SMILES string of the molecule is Fc1ccc(-c2cnc3c(I)cnn3c2)cc1.Fc1ccc(-c2cnc3ccnn3c2)cc1. The van der Waals surface area contributed by atoms with Crippen LogP contribution < -0.4 is 0 Å². The topological polar surface area (TPSA) is 60.4 Å². The third kappa shape index (κ3) is 4.58. The average molecular weight is 552 g/mol. The highest BCUT2D eigenvalue weighted by atomic mass is 127. The number of halogens is 3. The second-order valence-corrected chi connectivity index (χ2v) is 8.26. The summed E-state index contributed by atoms with van der Waals surface area (Å²) in [5.74, 6) is -0.478. The van der Waals surface area contributed by atoms with Crippen LogP contribution in [0.15, 0.2) is 91.8 Å². The van der Waals surface area contributed by atoms with Gasteiger partial charge in [-0.2, -0.15) is 10.2 Å². The van der Waals surface area contributed by atoms with Gasteiger partial charge in [-0.1, -0.05) is 24.3 Å². The molecule has 9 heteroatoms. The van der Waals surface area contributed by atoms with Crippen LogP contribution in [0, 0.1) is 15.2 Å². The Morgan fingerprint density at radius 2 is 1.18 bits per heavy atom. The monoisotopic (exact) mass is 552 g/mol. The Bertz CT molecular complexity index is 1540. The van der Waals surface area contributed by atoms with Gasteiger partial charge in [0.25, 0.3) is 0 Å². The van der Waals surface area contributed by atoms with Crippen molar-refractivity contribution in [1.82, 2.24) is 29.2 Å². The van der Waals surface area contributed by atoms with E-state index in [-0.39, 0.29) is 11.6 Å². The van der Waals surface area contributed by atoms with Crippen molar-refractivity contribution in [2.45, 2.75) is 0 Å². The van der Waals surface area contributed by atoms with E-state index >= 15 is 0 Å². The van der Waals surface area contributed by atoms with Crippen LogP contribution in [0.25, 0.3) is 33.5 Å². The smallest absolute Gasteiger partial charge is 0.168 e. The van der Waals surface area contributed by atoms with E-state index < -0.39 is 0 Å². The maximum Gasteiger partial charge on any atom is 0.168 e. The molecule has 0 N–H and O–H groups in total. The average Bonchev–Trinajstić information content (AvgIpc) is 3.46. The molecule has 0 saturated heterocycles. The van der Waals surface area contributed by atoms with Gasteiger partial charge < -0.3 is 0 Å². The van der Waals surface area contributed by atoms with Crippen LogP contribution in [0.2, 0.25) is 0 Å². The number of benzene rings is 2. The van der Waals surface area contributed by atoms with Gasteiger partial charge in [-0.15, -0.1) is 0 Å². The molecule has 0 atom stereocenters. The van der Waals surface area contributed by atoms with E-state index in [2.05, 4.69) is 42.8 Å². The van der Waals surface area contributed by atoms with Crippen molar-refractivity contribution in [3.63, 3.8) is 0 Å². The van der Waals surface area contributed by atoms with E-state index in [1.54, 1.807) is 58.1 Å². The molecule has 6 aromatic rings. The number of aromatic nitrogens is 6. The molecule has 2 aromatic carbocycles. The van der Waals surface area contributed by atoms with Crippen molar-refractivity contribution in [3.8, 4) is 22.3 Å². The van der Waals surface area contributed by atoms with Gasteiger partial charge >= 0.3 is 0 Å². The molecule has 0 unspecified atom stereocenters. The Balaban J connectivity index is 0.000000139. The zero-order valence-corrected chi connectivity index (χ0v) is 19.1. The highest BCUT2D eigenvalue weighted by Gasteiger charge is 2.05. The Morgan fingerprint density at radius 3 is 1.82 bits per heavy atom. The maximum absolute atomic E-state index is 12.8. The molecule has 0 radical (unpaired) electrons. The second kappa shape index (κ2) is 9.02. The number of nitrogens with zero attached hydrogens (tertiary/aromatic N) is 6. The molecule has 0 amide bonds. The van der Waals surface area contributed by atoms with Gasteiger partial charge in [-0.25, -0.2) is 27.8 Å². The molecule has 0 aliphatic heterocycles. The fraction of sp³-hybridized carbons (Fsp3) is 0. The van der Waals surface area contributed by atoms with Gasteiger partial charge in [0.05, 0.1) is 16.0 Å². The predicted molar refractivity (Wildman–Crippen MR) is 129 cm³/mol. The molecule has 4 heterocycles. The molecule has 6 rings (SSSR count). The number of rotatable bonds is 2. The first-order valence-corrected chi connectivity index (χ1v) is 10.9. The van der Waals surface area contributed by atoms with Gasteiger partial charge in [0.2, 0.25) is 0 Å². The normalized spacial score (nSPS) is 10.9. The first kappa shape index (κ1) is 21.1. The Kier molecular flexibility index (Phi) is 5.78. The van der Waals surface area contributed by atoms with E-state index in [9.17, 15) is 8.78 Å². The fourth-order valence-electron chi connectivity index (χ4n) is 3.24. The van der Waals surface area contributed by atoms with Gasteiger partial charge in [-0.05, 0) is 58.0 Å². The first-order chi connectivity index (χ1) is 16.1. The first-order valence-electron chi connectivity index (χ1n) is 9.87. The third-order valence-corrected chi connectivity index (χ3v) is 5.68. The summed E-state index contributed by atoms with van der Waals surface area (Å²) in [5, 5.41) is 8.30. The highest BCUT2D eigenvalue weighted by Crippen LogP contribution is 2.21. The summed E-state index contributed by atoms with van der Waals surface area (Å²) in [6, 6.07) is 14.5. The lowest BCUT2D eigenvalue weighted by molar-refractivity contribution is 0.627. The van der Waals surface area contributed by atoms with Crippen LogP contribution in [0.5, 0.6) is 0 Å². The van der Waals surface area contributed by atoms with Crippen LogP contribution in [-0.2, 0) is 0 Å². The van der Waals surface area contributed by atoms with E-state index in [1.165, 1.54) is 24.3 Å². The molecule has 162 valence electrons. The highest BCUT2D eigenvalue weighted by molar-refractivity contribution is 14.1. The minimum absolute atomic E-state index is 0.239. The summed E-state index contributed by atoms with van der Waals surface area (Å²) in [5.41, 5.74) is 5.30. The van der Waals surface area contributed by atoms with Crippen molar-refractivity contribution in [1.29, 1.82) is 0 Å². The zero-order valence-electron chi connectivity index (χ0n) is 17.0. The molecule has 33 heavy (non-hydrogen) atoms. The molecular formula is C24H15F2IN6. The summed E-state index contributed by atoms with van der Waals surface area (Å²) in [7, 11) is 0. The second-order valence-electron chi connectivity index (χ2n) is 7.09. The number of hydrogen-bond acceptors (Lipinski definition) is 4. The molecule has 6 nitrogen and oxygen atoms in total. The predicted octanol–water partition coefficient (Wildman–Crippen LogP) is 5.68. The molecular weight excluding hydrogens is 537 g/mol. The van der Waals surface area contributed by atoms with Crippen LogP contribution in [0.1, 0.15) is 0 Å². The van der Waals surface area contributed by atoms with E-state index in [0.29, 0.717) is 0 Å². The van der Waals surface area contributed by atoms with Crippen molar-refractivity contribution < 1.29 is 8.78 Å². The minimum atomic E-state index is -0.239. The Hall–Kier alpha value is -3.73. The van der Waals surface area contributed by atoms with Gasteiger partial charge in [0.15, 0.2) is 11.3 Å². The lowest BCUT2D eigenvalue weighted by atomic mass is 10.1. The van der Waals surface area contributed by atoms with Crippen molar-refractivity contribution >= 4 is 33.9 Å². The van der Waals surface area contributed by atoms with Gasteiger partial charge in [0.1, 0.15) is 11.6 Å². The zero-order chi connectivity index (χ0) is 22.8. The Labute approximate surface area is 200 Å². The van der Waals surface area contributed by atoms with E-state index in [1.807, 2.05) is 18.5 Å². The molecule has 0 fully saturated rings. The number of fused-ring (bicyclic) bond motifs is 2. The Morgan fingerprint density at radius 1 is 0.606 bits per heavy atom. The summed E-state index contributed by atoms with van der Waals surface area (Å²) < 4.78 is 30.0. The van der Waals surface area contributed by atoms with Gasteiger partial charge in [-0.3, -0.25) is 0 Å². The van der Waals surface area contributed by atoms with Crippen LogP contribution in [0.3, 0.4) is 0 Å². The molecule has 0 aliphatic carbocycles. The third-order valence-electron chi connectivity index (χ3n) is 4.92. The molecule has 4 aromatic heterocycles. The molecule has 0 bridgehead atoms. The largest absolute Gasteiger partial charge is 0.236 e. The lowest BCUT2D eigenvalue weighted by Crippen LogP contribution is -1.91. The summed E-state index contributed by atoms with van der Waals surface area (Å²) in [4.78, 5) is 8.59. The summed E-state index contributed by atoms with van der Waals surface area (Å²) >= 11 is 2.19. The van der Waals surface area contributed by atoms with Crippen molar-refractivity contribution in [2.24, 2.45) is 0 Å². The van der Waals surface area contributed by atoms with Crippen LogP contribution >= 0.6 is 22.6 Å². The van der Waals surface area contributed by atoms with Crippen LogP contribution in [0.4, 0.5) is 8.78 Å². The standard InChI is InChI=1S/C12H7FIN3.C12H8FN3/c13-10-3-1-8(2-4-10)9-5-15-12-11(14)6-16-17(12)7-9;13-11-3-1-9(2-4-11)10-7-14-12-5-6-15-16(12)8-10/h1-7H;1-8H. The van der Waals surface area contributed by atoms with E-state index in [4.69, 9.17) is 0 Å². The summed E-state index contributed by atoms with van der Waals surface area (Å²) in [6.45, 7) is 0. The molecule has 0 aliphatic rings.